The van der Waals surface area contributed by atoms with Crippen LogP contribution in [-0.4, -0.2) is 44.4 Å². The molecule has 1 aromatic rings. The molecule has 0 atom stereocenters. The van der Waals surface area contributed by atoms with Crippen molar-refractivity contribution in [3.63, 3.8) is 0 Å². The first kappa shape index (κ1) is 17.1. The van der Waals surface area contributed by atoms with Crippen molar-refractivity contribution in [3.8, 4) is 0 Å². The number of hydrogen-bond donors (Lipinski definition) is 3. The highest BCUT2D eigenvalue weighted by Crippen LogP contribution is 2.19. The fourth-order valence-electron chi connectivity index (χ4n) is 1.99. The van der Waals surface area contributed by atoms with Gasteiger partial charge in [0.15, 0.2) is 0 Å². The van der Waals surface area contributed by atoms with Crippen molar-refractivity contribution >= 4 is 10.0 Å². The van der Waals surface area contributed by atoms with Gasteiger partial charge in [-0.2, -0.15) is 5.10 Å². The summed E-state index contributed by atoms with van der Waals surface area (Å²) >= 11 is 0. The topological polar surface area (TPSA) is 96.1 Å². The molecule has 0 aliphatic rings. The molecule has 0 fully saturated rings. The van der Waals surface area contributed by atoms with Crippen LogP contribution >= 0.6 is 0 Å². The summed E-state index contributed by atoms with van der Waals surface area (Å²) in [4.78, 5) is 0.211. The zero-order chi connectivity index (χ0) is 15.4. The number of hydrogen-bond acceptors (Lipinski definition) is 5. The van der Waals surface area contributed by atoms with E-state index in [1.54, 1.807) is 20.8 Å². The summed E-state index contributed by atoms with van der Waals surface area (Å²) in [6.07, 6.45) is 0. The molecule has 0 unspecified atom stereocenters. The lowest BCUT2D eigenvalue weighted by molar-refractivity contribution is 0.141. The summed E-state index contributed by atoms with van der Waals surface area (Å²) in [6, 6.07) is 0. The number of methoxy groups -OCH3 is 1. The first-order valence-corrected chi connectivity index (χ1v) is 7.99. The molecule has 0 saturated carbocycles. The van der Waals surface area contributed by atoms with E-state index < -0.39 is 15.6 Å². The van der Waals surface area contributed by atoms with E-state index in [0.717, 1.165) is 6.54 Å². The standard InChI is InChI=1S/C12H24N4O3S/c1-6-13-7-10-11(9(2)14-15-10)20(17,18)16-12(3,4)8-19-5/h13,16H,6-8H2,1-5H3,(H,14,15). The summed E-state index contributed by atoms with van der Waals surface area (Å²) in [5, 5.41) is 9.87. The zero-order valence-electron chi connectivity index (χ0n) is 12.7. The molecule has 0 bridgehead atoms. The van der Waals surface area contributed by atoms with Gasteiger partial charge in [-0.3, -0.25) is 5.10 Å². The Balaban J connectivity index is 3.06. The Kier molecular flexibility index (Phi) is 5.69. The van der Waals surface area contributed by atoms with Gasteiger partial charge in [0.1, 0.15) is 4.90 Å². The highest BCUT2D eigenvalue weighted by atomic mass is 32.2. The summed E-state index contributed by atoms with van der Waals surface area (Å²) in [5.74, 6) is 0. The maximum Gasteiger partial charge on any atom is 0.244 e. The Labute approximate surface area is 120 Å². The van der Waals surface area contributed by atoms with Gasteiger partial charge >= 0.3 is 0 Å². The van der Waals surface area contributed by atoms with Gasteiger partial charge in [0.2, 0.25) is 10.0 Å². The lowest BCUT2D eigenvalue weighted by atomic mass is 10.1. The van der Waals surface area contributed by atoms with Crippen LogP contribution in [0.4, 0.5) is 0 Å². The summed E-state index contributed by atoms with van der Waals surface area (Å²) in [5.41, 5.74) is 0.330. The monoisotopic (exact) mass is 304 g/mol. The fourth-order valence-corrected chi connectivity index (χ4v) is 3.76. The molecule has 3 N–H and O–H groups in total. The number of ether oxygens (including phenoxy) is 1. The first-order chi connectivity index (χ1) is 9.23. The van der Waals surface area contributed by atoms with Crippen LogP contribution in [0.2, 0.25) is 0 Å². The summed E-state index contributed by atoms with van der Waals surface area (Å²) < 4.78 is 32.8. The van der Waals surface area contributed by atoms with Crippen molar-refractivity contribution < 1.29 is 13.2 Å². The smallest absolute Gasteiger partial charge is 0.244 e. The molecule has 0 radical (unpaired) electrons. The van der Waals surface area contributed by atoms with Gasteiger partial charge in [-0.25, -0.2) is 13.1 Å². The quantitative estimate of drug-likeness (QED) is 0.651. The third kappa shape index (κ3) is 4.27. The van der Waals surface area contributed by atoms with Crippen molar-refractivity contribution in [1.82, 2.24) is 20.2 Å². The SMILES string of the molecule is CCNCc1n[nH]c(C)c1S(=O)(=O)NC(C)(C)COC. The molecule has 0 saturated heterocycles. The molecular formula is C12H24N4O3S. The van der Waals surface area contributed by atoms with E-state index in [2.05, 4.69) is 20.2 Å². The van der Waals surface area contributed by atoms with Crippen molar-refractivity contribution in [2.75, 3.05) is 20.3 Å². The molecule has 0 aliphatic heterocycles. The van der Waals surface area contributed by atoms with E-state index in [4.69, 9.17) is 4.74 Å². The van der Waals surface area contributed by atoms with Crippen LogP contribution in [-0.2, 0) is 21.3 Å². The third-order valence-electron chi connectivity index (χ3n) is 2.69. The molecular weight excluding hydrogens is 280 g/mol. The number of aromatic amines is 1. The fraction of sp³-hybridized carbons (Fsp3) is 0.750. The van der Waals surface area contributed by atoms with Crippen LogP contribution in [0.5, 0.6) is 0 Å². The van der Waals surface area contributed by atoms with Crippen molar-refractivity contribution in [2.24, 2.45) is 0 Å². The number of rotatable bonds is 8. The van der Waals surface area contributed by atoms with E-state index in [0.29, 0.717) is 17.9 Å². The minimum absolute atomic E-state index is 0.211. The van der Waals surface area contributed by atoms with E-state index >= 15 is 0 Å². The first-order valence-electron chi connectivity index (χ1n) is 6.51. The van der Waals surface area contributed by atoms with E-state index in [-0.39, 0.29) is 11.5 Å². The van der Waals surface area contributed by atoms with Gasteiger partial charge in [-0.15, -0.1) is 0 Å². The summed E-state index contributed by atoms with van der Waals surface area (Å²) in [7, 11) is -2.11. The molecule has 1 rings (SSSR count). The Hall–Kier alpha value is -0.960. The molecule has 1 aromatic heterocycles. The van der Waals surface area contributed by atoms with Gasteiger partial charge in [-0.05, 0) is 27.3 Å². The van der Waals surface area contributed by atoms with Gasteiger partial charge in [0, 0.05) is 13.7 Å². The van der Waals surface area contributed by atoms with E-state index in [1.165, 1.54) is 7.11 Å². The predicted molar refractivity (Wildman–Crippen MR) is 77.0 cm³/mol. The number of aromatic nitrogens is 2. The molecule has 8 heteroatoms. The molecule has 7 nitrogen and oxygen atoms in total. The van der Waals surface area contributed by atoms with Crippen LogP contribution < -0.4 is 10.0 Å². The largest absolute Gasteiger partial charge is 0.383 e. The van der Waals surface area contributed by atoms with Crippen LogP contribution in [0, 0.1) is 6.92 Å². The highest BCUT2D eigenvalue weighted by Gasteiger charge is 2.30. The molecule has 0 spiro atoms. The number of nitrogens with one attached hydrogen (secondary N) is 3. The second-order valence-corrected chi connectivity index (χ2v) is 6.95. The molecule has 20 heavy (non-hydrogen) atoms. The zero-order valence-corrected chi connectivity index (χ0v) is 13.5. The highest BCUT2D eigenvalue weighted by molar-refractivity contribution is 7.89. The normalized spacial score (nSPS) is 12.8. The number of nitrogens with zero attached hydrogens (tertiary/aromatic N) is 1. The molecule has 0 aliphatic carbocycles. The maximum atomic E-state index is 12.5. The van der Waals surface area contributed by atoms with Crippen LogP contribution in [0.25, 0.3) is 0 Å². The van der Waals surface area contributed by atoms with E-state index in [9.17, 15) is 8.42 Å². The lowest BCUT2D eigenvalue weighted by Crippen LogP contribution is -2.47. The van der Waals surface area contributed by atoms with Crippen LogP contribution in [0.3, 0.4) is 0 Å². The second-order valence-electron chi connectivity index (χ2n) is 5.33. The summed E-state index contributed by atoms with van der Waals surface area (Å²) in [6.45, 7) is 8.62. The number of aryl methyl sites for hydroxylation is 1. The minimum atomic E-state index is -3.65. The van der Waals surface area contributed by atoms with Gasteiger partial charge < -0.3 is 10.1 Å². The van der Waals surface area contributed by atoms with Crippen molar-refractivity contribution in [2.45, 2.75) is 44.7 Å². The Bertz CT molecular complexity index is 537. The van der Waals surface area contributed by atoms with Crippen molar-refractivity contribution in [3.05, 3.63) is 11.4 Å². The molecule has 0 aromatic carbocycles. The molecule has 1 heterocycles. The Morgan fingerprint density at radius 1 is 1.40 bits per heavy atom. The molecule has 0 amide bonds. The second kappa shape index (κ2) is 6.66. The average molecular weight is 304 g/mol. The Morgan fingerprint density at radius 3 is 2.60 bits per heavy atom. The Morgan fingerprint density at radius 2 is 2.05 bits per heavy atom. The van der Waals surface area contributed by atoms with E-state index in [1.807, 2.05) is 6.92 Å². The molecule has 116 valence electrons. The average Bonchev–Trinajstić information content (AvgIpc) is 2.66. The minimum Gasteiger partial charge on any atom is -0.383 e. The van der Waals surface area contributed by atoms with Gasteiger partial charge in [0.05, 0.1) is 23.5 Å². The number of H-pyrrole nitrogens is 1. The lowest BCUT2D eigenvalue weighted by Gasteiger charge is -2.25. The van der Waals surface area contributed by atoms with Crippen LogP contribution in [0.15, 0.2) is 4.90 Å². The van der Waals surface area contributed by atoms with Gasteiger partial charge in [0.25, 0.3) is 0 Å². The third-order valence-corrected chi connectivity index (χ3v) is 4.59. The maximum absolute atomic E-state index is 12.5. The van der Waals surface area contributed by atoms with Gasteiger partial charge in [-0.1, -0.05) is 6.92 Å². The van der Waals surface area contributed by atoms with Crippen LogP contribution in [0.1, 0.15) is 32.2 Å². The van der Waals surface area contributed by atoms with Crippen molar-refractivity contribution in [1.29, 1.82) is 0 Å². The predicted octanol–water partition coefficient (Wildman–Crippen LogP) is 0.531. The number of sulfonamides is 1.